The fraction of sp³-hybridized carbons (Fsp3) is 1.00. The predicted molar refractivity (Wildman–Crippen MR) is 68.7 cm³/mol. The quantitative estimate of drug-likeness (QED) is 0.489. The molecule has 102 valence electrons. The van der Waals surface area contributed by atoms with Gasteiger partial charge in [-0.1, -0.05) is 13.8 Å². The Hall–Kier alpha value is -0.200. The minimum Gasteiger partial charge on any atom is -0.385 e. The van der Waals surface area contributed by atoms with Gasteiger partial charge < -0.3 is 14.2 Å². The fourth-order valence-electron chi connectivity index (χ4n) is 0.624. The van der Waals surface area contributed by atoms with Gasteiger partial charge in [0, 0.05) is 20.8 Å². The third kappa shape index (κ3) is 37.2. The molecule has 0 radical (unpaired) electrons. The molecule has 0 spiro atoms. The second-order valence-corrected chi connectivity index (χ2v) is 2.54. The molecule has 16 heavy (non-hydrogen) atoms. The molecule has 5 nitrogen and oxygen atoms in total. The van der Waals surface area contributed by atoms with Crippen molar-refractivity contribution in [1.82, 2.24) is 10.6 Å². The van der Waals surface area contributed by atoms with Crippen molar-refractivity contribution in [3.8, 4) is 0 Å². The highest BCUT2D eigenvalue weighted by Gasteiger charge is 1.84. The lowest BCUT2D eigenvalue weighted by Crippen LogP contribution is -2.12. The fourth-order valence-corrected chi connectivity index (χ4v) is 0.624. The van der Waals surface area contributed by atoms with Crippen molar-refractivity contribution in [2.45, 2.75) is 20.3 Å². The highest BCUT2D eigenvalue weighted by Crippen LogP contribution is 1.80. The second kappa shape index (κ2) is 29.3. The first-order valence-electron chi connectivity index (χ1n) is 5.68. The number of ether oxygens (including phenoxy) is 3. The number of nitrogens with one attached hydrogen (secondary N) is 2. The second-order valence-electron chi connectivity index (χ2n) is 2.54. The SMILES string of the molecule is CC.CNCOC.CNCOCCCOC. The van der Waals surface area contributed by atoms with Crippen LogP contribution >= 0.6 is 0 Å². The Balaban J connectivity index is -0.000000205. The molecule has 0 amide bonds. The lowest BCUT2D eigenvalue weighted by atomic mass is 10.5. The topological polar surface area (TPSA) is 51.8 Å². The average molecular weight is 238 g/mol. The van der Waals surface area contributed by atoms with E-state index < -0.39 is 0 Å². The van der Waals surface area contributed by atoms with Gasteiger partial charge in [-0.2, -0.15) is 0 Å². The molecular formula is C11H30N2O3. The Labute approximate surface area is 101 Å². The summed E-state index contributed by atoms with van der Waals surface area (Å²) < 4.78 is 14.5. The van der Waals surface area contributed by atoms with Crippen LogP contribution in [0.1, 0.15) is 20.3 Å². The molecule has 2 N–H and O–H groups in total. The van der Waals surface area contributed by atoms with E-state index in [1.165, 1.54) is 0 Å². The van der Waals surface area contributed by atoms with Gasteiger partial charge in [-0.15, -0.1) is 0 Å². The van der Waals surface area contributed by atoms with Crippen LogP contribution in [0.25, 0.3) is 0 Å². The van der Waals surface area contributed by atoms with Crippen molar-refractivity contribution in [3.05, 3.63) is 0 Å². The molecule has 0 saturated carbocycles. The molecule has 0 unspecified atom stereocenters. The maximum atomic E-state index is 5.09. The molecule has 0 heterocycles. The lowest BCUT2D eigenvalue weighted by Gasteiger charge is -2.00. The standard InChI is InChI=1S/C6H15NO2.C3H9NO.C2H6/c1-7-6-9-5-3-4-8-2;1-4-3-5-2;1-2/h7H,3-6H2,1-2H3;4H,3H2,1-2H3;1-2H3. The summed E-state index contributed by atoms with van der Waals surface area (Å²) in [6.07, 6.45) is 0.970. The number of rotatable bonds is 8. The molecule has 0 aromatic rings. The van der Waals surface area contributed by atoms with Crippen LogP contribution in [0, 0.1) is 0 Å². The molecule has 0 fully saturated rings. The van der Waals surface area contributed by atoms with E-state index in [9.17, 15) is 0 Å². The molecule has 0 aromatic heterocycles. The molecule has 0 bridgehead atoms. The van der Waals surface area contributed by atoms with E-state index in [-0.39, 0.29) is 0 Å². The van der Waals surface area contributed by atoms with Crippen LogP contribution in [0.3, 0.4) is 0 Å². The minimum atomic E-state index is 0.629. The summed E-state index contributed by atoms with van der Waals surface area (Å²) in [5.74, 6) is 0. The number of hydrogen-bond donors (Lipinski definition) is 2. The molecule has 0 saturated heterocycles. The zero-order valence-electron chi connectivity index (χ0n) is 11.8. The Morgan fingerprint density at radius 1 is 0.812 bits per heavy atom. The largest absolute Gasteiger partial charge is 0.385 e. The van der Waals surface area contributed by atoms with Gasteiger partial charge in [0.2, 0.25) is 0 Å². The first-order chi connectivity index (χ1) is 7.83. The molecular weight excluding hydrogens is 208 g/mol. The summed E-state index contributed by atoms with van der Waals surface area (Å²) in [7, 11) is 7.04. The molecule has 0 rings (SSSR count). The predicted octanol–water partition coefficient (Wildman–Crippen LogP) is 1.05. The third-order valence-corrected chi connectivity index (χ3v) is 1.17. The van der Waals surface area contributed by atoms with Crippen molar-refractivity contribution in [2.75, 3.05) is 55.0 Å². The summed E-state index contributed by atoms with van der Waals surface area (Å²) in [5, 5.41) is 5.68. The first kappa shape index (κ1) is 21.1. The van der Waals surface area contributed by atoms with Gasteiger partial charge in [-0.05, 0) is 20.5 Å². The Kier molecular flexibility index (Phi) is 38.7. The van der Waals surface area contributed by atoms with Crippen LogP contribution in [0.5, 0.6) is 0 Å². The summed E-state index contributed by atoms with van der Waals surface area (Å²) >= 11 is 0. The first-order valence-corrected chi connectivity index (χ1v) is 5.68. The van der Waals surface area contributed by atoms with E-state index in [1.54, 1.807) is 14.2 Å². The van der Waals surface area contributed by atoms with Gasteiger partial charge in [0.1, 0.15) is 0 Å². The average Bonchev–Trinajstić information content (AvgIpc) is 2.33. The van der Waals surface area contributed by atoms with Gasteiger partial charge in [-0.25, -0.2) is 0 Å². The van der Waals surface area contributed by atoms with Crippen molar-refractivity contribution in [2.24, 2.45) is 0 Å². The van der Waals surface area contributed by atoms with Crippen molar-refractivity contribution in [3.63, 3.8) is 0 Å². The molecule has 0 aliphatic rings. The van der Waals surface area contributed by atoms with Crippen LogP contribution < -0.4 is 10.6 Å². The lowest BCUT2D eigenvalue weighted by molar-refractivity contribution is 0.0945. The highest BCUT2D eigenvalue weighted by molar-refractivity contribution is 4.31. The molecule has 0 aliphatic heterocycles. The van der Waals surface area contributed by atoms with Gasteiger partial charge in [-0.3, -0.25) is 10.6 Å². The van der Waals surface area contributed by atoms with Crippen molar-refractivity contribution < 1.29 is 14.2 Å². The van der Waals surface area contributed by atoms with E-state index in [1.807, 2.05) is 27.9 Å². The zero-order chi connectivity index (χ0) is 13.1. The monoisotopic (exact) mass is 238 g/mol. The maximum Gasteiger partial charge on any atom is 0.0962 e. The molecule has 5 heteroatoms. The van der Waals surface area contributed by atoms with E-state index in [2.05, 4.69) is 15.4 Å². The minimum absolute atomic E-state index is 0.629. The molecule has 0 aliphatic carbocycles. The maximum absolute atomic E-state index is 5.09. The summed E-state index contributed by atoms with van der Waals surface area (Å²) in [6, 6.07) is 0. The summed E-state index contributed by atoms with van der Waals surface area (Å²) in [6.45, 7) is 6.82. The Morgan fingerprint density at radius 2 is 1.38 bits per heavy atom. The van der Waals surface area contributed by atoms with Gasteiger partial charge in [0.25, 0.3) is 0 Å². The van der Waals surface area contributed by atoms with Gasteiger partial charge in [0.05, 0.1) is 20.1 Å². The van der Waals surface area contributed by atoms with Crippen LogP contribution in [-0.2, 0) is 14.2 Å². The summed E-state index contributed by atoms with van der Waals surface area (Å²) in [5.41, 5.74) is 0. The van der Waals surface area contributed by atoms with E-state index in [4.69, 9.17) is 9.47 Å². The Morgan fingerprint density at radius 3 is 1.69 bits per heavy atom. The van der Waals surface area contributed by atoms with Crippen LogP contribution in [0.15, 0.2) is 0 Å². The van der Waals surface area contributed by atoms with E-state index >= 15 is 0 Å². The van der Waals surface area contributed by atoms with Crippen LogP contribution in [-0.4, -0.2) is 55.0 Å². The molecule has 0 aromatic carbocycles. The molecule has 0 atom stereocenters. The Bertz CT molecular complexity index is 77.6. The summed E-state index contributed by atoms with van der Waals surface area (Å²) in [4.78, 5) is 0. The normalized spacial score (nSPS) is 8.62. The number of hydrogen-bond acceptors (Lipinski definition) is 5. The number of methoxy groups -OCH3 is 2. The van der Waals surface area contributed by atoms with Gasteiger partial charge >= 0.3 is 0 Å². The van der Waals surface area contributed by atoms with E-state index in [0.29, 0.717) is 13.5 Å². The van der Waals surface area contributed by atoms with Gasteiger partial charge in [0.15, 0.2) is 0 Å². The highest BCUT2D eigenvalue weighted by atomic mass is 16.5. The third-order valence-electron chi connectivity index (χ3n) is 1.17. The smallest absolute Gasteiger partial charge is 0.0962 e. The van der Waals surface area contributed by atoms with E-state index in [0.717, 1.165) is 19.6 Å². The van der Waals surface area contributed by atoms with Crippen molar-refractivity contribution >= 4 is 0 Å². The van der Waals surface area contributed by atoms with Crippen molar-refractivity contribution in [1.29, 1.82) is 0 Å². The van der Waals surface area contributed by atoms with Crippen LogP contribution in [0.4, 0.5) is 0 Å². The van der Waals surface area contributed by atoms with Crippen LogP contribution in [0.2, 0.25) is 0 Å². The zero-order valence-corrected chi connectivity index (χ0v) is 11.8.